The van der Waals surface area contributed by atoms with E-state index in [1.54, 1.807) is 0 Å². The quantitative estimate of drug-likeness (QED) is 0.470. The molecule has 0 spiro atoms. The van der Waals surface area contributed by atoms with Crippen molar-refractivity contribution in [2.75, 3.05) is 6.54 Å². The number of H-pyrrole nitrogens is 1. The van der Waals surface area contributed by atoms with E-state index in [0.717, 1.165) is 6.20 Å². The number of aromatic amines is 1. The second kappa shape index (κ2) is 3.33. The molecule has 0 aromatic carbocycles. The van der Waals surface area contributed by atoms with Gasteiger partial charge in [0.05, 0.1) is 11.9 Å². The van der Waals surface area contributed by atoms with E-state index in [2.05, 4.69) is 10.2 Å². The van der Waals surface area contributed by atoms with Gasteiger partial charge in [-0.2, -0.15) is 5.10 Å². The lowest BCUT2D eigenvalue weighted by Gasteiger charge is -2.04. The number of hydrogen-bond donors (Lipinski definition) is 4. The van der Waals surface area contributed by atoms with Gasteiger partial charge in [0.2, 0.25) is 0 Å². The molecule has 0 aliphatic carbocycles. The Hall–Kier alpha value is -1.40. The summed E-state index contributed by atoms with van der Waals surface area (Å²) in [4.78, 5) is 10.5. The van der Waals surface area contributed by atoms with Crippen molar-refractivity contribution in [2.24, 2.45) is 5.73 Å². The number of rotatable bonds is 3. The van der Waals surface area contributed by atoms with Crippen LogP contribution in [-0.4, -0.2) is 32.9 Å². The largest absolute Gasteiger partial charge is 0.478 e. The molecule has 66 valence electrons. The number of nitrogens with zero attached hydrogens (tertiary/aromatic N) is 1. The van der Waals surface area contributed by atoms with Crippen LogP contribution in [0.3, 0.4) is 0 Å². The lowest BCUT2D eigenvalue weighted by Crippen LogP contribution is -2.14. The maximum Gasteiger partial charge on any atom is 0.339 e. The van der Waals surface area contributed by atoms with Crippen LogP contribution in [0.1, 0.15) is 22.2 Å². The van der Waals surface area contributed by atoms with Gasteiger partial charge in [-0.05, 0) is 0 Å². The molecule has 6 heteroatoms. The van der Waals surface area contributed by atoms with E-state index in [1.165, 1.54) is 0 Å². The molecule has 0 saturated carbocycles. The van der Waals surface area contributed by atoms with Crippen molar-refractivity contribution in [2.45, 2.75) is 6.10 Å². The molecule has 0 fully saturated rings. The van der Waals surface area contributed by atoms with Crippen molar-refractivity contribution in [1.29, 1.82) is 0 Å². The standard InChI is InChI=1S/C6H9N3O3/c7-1-4(10)5-3(6(11)12)2-8-9-5/h2,4,10H,1,7H2,(H,8,9)(H,11,12). The van der Waals surface area contributed by atoms with Crippen LogP contribution in [0.25, 0.3) is 0 Å². The van der Waals surface area contributed by atoms with Crippen molar-refractivity contribution >= 4 is 5.97 Å². The van der Waals surface area contributed by atoms with Crippen LogP contribution in [0, 0.1) is 0 Å². The fourth-order valence-corrected chi connectivity index (χ4v) is 0.838. The first kappa shape index (κ1) is 8.69. The second-order valence-corrected chi connectivity index (χ2v) is 2.25. The number of carboxylic acids is 1. The third-order valence-corrected chi connectivity index (χ3v) is 1.46. The van der Waals surface area contributed by atoms with Crippen molar-refractivity contribution in [3.63, 3.8) is 0 Å². The van der Waals surface area contributed by atoms with Crippen molar-refractivity contribution in [3.05, 3.63) is 17.5 Å². The highest BCUT2D eigenvalue weighted by atomic mass is 16.4. The Kier molecular flexibility index (Phi) is 2.41. The summed E-state index contributed by atoms with van der Waals surface area (Å²) in [5, 5.41) is 23.6. The van der Waals surface area contributed by atoms with Crippen LogP contribution in [0.5, 0.6) is 0 Å². The number of aromatic carboxylic acids is 1. The average Bonchev–Trinajstić information content (AvgIpc) is 2.50. The molecule has 1 aromatic heterocycles. The molecule has 6 nitrogen and oxygen atoms in total. The van der Waals surface area contributed by atoms with Gasteiger partial charge in [0.1, 0.15) is 11.7 Å². The molecule has 0 aliphatic heterocycles. The van der Waals surface area contributed by atoms with Crippen LogP contribution < -0.4 is 5.73 Å². The van der Waals surface area contributed by atoms with Gasteiger partial charge < -0.3 is 15.9 Å². The van der Waals surface area contributed by atoms with E-state index in [0.29, 0.717) is 0 Å². The highest BCUT2D eigenvalue weighted by molar-refractivity contribution is 5.88. The third kappa shape index (κ3) is 1.44. The molecule has 0 bridgehead atoms. The Morgan fingerprint density at radius 2 is 2.50 bits per heavy atom. The highest BCUT2D eigenvalue weighted by Crippen LogP contribution is 2.13. The molecular weight excluding hydrogens is 162 g/mol. The fourth-order valence-electron chi connectivity index (χ4n) is 0.838. The molecule has 0 radical (unpaired) electrons. The molecule has 5 N–H and O–H groups in total. The van der Waals surface area contributed by atoms with Crippen LogP contribution >= 0.6 is 0 Å². The smallest absolute Gasteiger partial charge is 0.339 e. The summed E-state index contributed by atoms with van der Waals surface area (Å²) >= 11 is 0. The van der Waals surface area contributed by atoms with E-state index in [-0.39, 0.29) is 17.8 Å². The number of aliphatic hydroxyl groups excluding tert-OH is 1. The fraction of sp³-hybridized carbons (Fsp3) is 0.333. The molecule has 1 heterocycles. The normalized spacial score (nSPS) is 12.8. The molecule has 0 saturated heterocycles. The summed E-state index contributed by atoms with van der Waals surface area (Å²) in [5.41, 5.74) is 5.24. The number of carboxylic acid groups (broad SMARTS) is 1. The summed E-state index contributed by atoms with van der Waals surface area (Å²) in [6, 6.07) is 0. The van der Waals surface area contributed by atoms with Gasteiger partial charge in [0, 0.05) is 6.54 Å². The maximum absolute atomic E-state index is 10.5. The lowest BCUT2D eigenvalue weighted by atomic mass is 10.1. The number of nitrogens with two attached hydrogens (primary N) is 1. The molecule has 1 unspecified atom stereocenters. The zero-order chi connectivity index (χ0) is 9.14. The summed E-state index contributed by atoms with van der Waals surface area (Å²) in [6.07, 6.45) is 0.134. The molecule has 1 atom stereocenters. The van der Waals surface area contributed by atoms with Crippen molar-refractivity contribution < 1.29 is 15.0 Å². The monoisotopic (exact) mass is 171 g/mol. The van der Waals surface area contributed by atoms with Gasteiger partial charge in [-0.25, -0.2) is 4.79 Å². The second-order valence-electron chi connectivity index (χ2n) is 2.25. The summed E-state index contributed by atoms with van der Waals surface area (Å²) in [6.45, 7) is -0.0392. The van der Waals surface area contributed by atoms with E-state index in [4.69, 9.17) is 10.8 Å². The predicted molar refractivity (Wildman–Crippen MR) is 39.6 cm³/mol. The topological polar surface area (TPSA) is 112 Å². The number of aliphatic hydroxyl groups is 1. The molecule has 12 heavy (non-hydrogen) atoms. The van der Waals surface area contributed by atoms with Gasteiger partial charge >= 0.3 is 5.97 Å². The molecule has 0 amide bonds. The summed E-state index contributed by atoms with van der Waals surface area (Å²) in [5.74, 6) is -1.13. The first-order chi connectivity index (χ1) is 5.66. The minimum absolute atomic E-state index is 0.0392. The zero-order valence-electron chi connectivity index (χ0n) is 6.19. The average molecular weight is 171 g/mol. The molecule has 0 aliphatic rings. The van der Waals surface area contributed by atoms with E-state index in [1.807, 2.05) is 0 Å². The molecule has 1 aromatic rings. The number of hydrogen-bond acceptors (Lipinski definition) is 4. The summed E-state index contributed by atoms with van der Waals surface area (Å²) < 4.78 is 0. The van der Waals surface area contributed by atoms with Crippen LogP contribution in [-0.2, 0) is 0 Å². The van der Waals surface area contributed by atoms with E-state index >= 15 is 0 Å². The minimum atomic E-state index is -1.13. The Labute approximate surface area is 68.0 Å². The van der Waals surface area contributed by atoms with E-state index in [9.17, 15) is 9.90 Å². The minimum Gasteiger partial charge on any atom is -0.478 e. The lowest BCUT2D eigenvalue weighted by molar-refractivity contribution is 0.0689. The number of carbonyl (C=O) groups is 1. The van der Waals surface area contributed by atoms with Gasteiger partial charge in [-0.15, -0.1) is 0 Å². The van der Waals surface area contributed by atoms with E-state index < -0.39 is 12.1 Å². The number of nitrogens with one attached hydrogen (secondary N) is 1. The Bertz CT molecular complexity index is 283. The van der Waals surface area contributed by atoms with Crippen molar-refractivity contribution in [1.82, 2.24) is 10.2 Å². The van der Waals surface area contributed by atoms with Gasteiger partial charge in [0.25, 0.3) is 0 Å². The van der Waals surface area contributed by atoms with Gasteiger partial charge in [0.15, 0.2) is 0 Å². The van der Waals surface area contributed by atoms with Crippen LogP contribution in [0.4, 0.5) is 0 Å². The highest BCUT2D eigenvalue weighted by Gasteiger charge is 2.17. The van der Waals surface area contributed by atoms with Crippen molar-refractivity contribution in [3.8, 4) is 0 Å². The van der Waals surface area contributed by atoms with Crippen LogP contribution in [0.15, 0.2) is 6.20 Å². The zero-order valence-corrected chi connectivity index (χ0v) is 6.19. The van der Waals surface area contributed by atoms with Gasteiger partial charge in [-0.1, -0.05) is 0 Å². The maximum atomic E-state index is 10.5. The SMILES string of the molecule is NCC(O)c1[nH]ncc1C(=O)O. The molecule has 1 rings (SSSR count). The van der Waals surface area contributed by atoms with Crippen LogP contribution in [0.2, 0.25) is 0 Å². The summed E-state index contributed by atoms with van der Waals surface area (Å²) in [7, 11) is 0. The number of aromatic nitrogens is 2. The predicted octanol–water partition coefficient (Wildman–Crippen LogP) is -0.900. The third-order valence-electron chi connectivity index (χ3n) is 1.46. The Balaban J connectivity index is 2.98. The molecular formula is C6H9N3O3. The first-order valence-corrected chi connectivity index (χ1v) is 3.31. The Morgan fingerprint density at radius 1 is 1.83 bits per heavy atom. The first-order valence-electron chi connectivity index (χ1n) is 3.31. The Morgan fingerprint density at radius 3 is 3.00 bits per heavy atom. The van der Waals surface area contributed by atoms with Gasteiger partial charge in [-0.3, -0.25) is 5.10 Å².